The molecule has 1 aromatic rings. The minimum absolute atomic E-state index is 0.176. The Morgan fingerprint density at radius 1 is 0.848 bits per heavy atom. The summed E-state index contributed by atoms with van der Waals surface area (Å²) < 4.78 is 0. The summed E-state index contributed by atoms with van der Waals surface area (Å²) >= 11 is 0. The average Bonchev–Trinajstić information content (AvgIpc) is 2.79. The molecule has 0 saturated heterocycles. The number of carbonyl (C=O) groups is 3. The van der Waals surface area contributed by atoms with Gasteiger partial charge in [-0.15, -0.1) is 0 Å². The van der Waals surface area contributed by atoms with E-state index in [0.717, 1.165) is 32.1 Å². The molecular formula is C27H40O6. The molecule has 0 spiro atoms. The molecule has 1 rings (SSSR count). The van der Waals surface area contributed by atoms with E-state index in [9.17, 15) is 14.4 Å². The highest BCUT2D eigenvalue weighted by atomic mass is 16.4. The third-order valence-electron chi connectivity index (χ3n) is 3.88. The molecular weight excluding hydrogens is 420 g/mol. The largest absolute Gasteiger partial charge is 0.478 e. The van der Waals surface area contributed by atoms with Crippen LogP contribution in [-0.4, -0.2) is 33.2 Å². The molecule has 0 fully saturated rings. The van der Waals surface area contributed by atoms with Gasteiger partial charge in [-0.05, 0) is 38.7 Å². The summed E-state index contributed by atoms with van der Waals surface area (Å²) in [5, 5.41) is 24.6. The fourth-order valence-corrected chi connectivity index (χ4v) is 1.70. The molecule has 3 N–H and O–H groups in total. The summed E-state index contributed by atoms with van der Waals surface area (Å²) in [7, 11) is 0. The van der Waals surface area contributed by atoms with Crippen molar-refractivity contribution in [3.05, 3.63) is 78.4 Å². The predicted molar refractivity (Wildman–Crippen MR) is 136 cm³/mol. The van der Waals surface area contributed by atoms with Gasteiger partial charge in [-0.25, -0.2) is 14.4 Å². The van der Waals surface area contributed by atoms with Crippen LogP contribution in [0.2, 0.25) is 0 Å². The highest BCUT2D eigenvalue weighted by Crippen LogP contribution is 2.03. The van der Waals surface area contributed by atoms with Crippen LogP contribution in [0.1, 0.15) is 71.8 Å². The molecule has 6 nitrogen and oxygen atoms in total. The molecule has 0 aromatic heterocycles. The van der Waals surface area contributed by atoms with Crippen molar-refractivity contribution in [1.29, 1.82) is 0 Å². The predicted octanol–water partition coefficient (Wildman–Crippen LogP) is 7.00. The van der Waals surface area contributed by atoms with Crippen LogP contribution < -0.4 is 0 Å². The van der Waals surface area contributed by atoms with E-state index in [0.29, 0.717) is 17.6 Å². The van der Waals surface area contributed by atoms with E-state index >= 15 is 0 Å². The van der Waals surface area contributed by atoms with Crippen molar-refractivity contribution >= 4 is 24.0 Å². The van der Waals surface area contributed by atoms with E-state index < -0.39 is 17.9 Å². The first-order valence-corrected chi connectivity index (χ1v) is 10.8. The molecule has 0 heterocycles. The number of unbranched alkanes of at least 4 members (excludes halogenated alkanes) is 3. The molecule has 1 aromatic carbocycles. The molecule has 0 aliphatic carbocycles. The highest BCUT2D eigenvalue weighted by Gasteiger charge is 2.00. The summed E-state index contributed by atoms with van der Waals surface area (Å²) in [4.78, 5) is 29.9. The SMILES string of the molecule is C=C(C)C(=O)O.C=C(CCCC)C(=O)O.C=Cc1ccccc1.CCCCC=C(C)C(=O)O. The monoisotopic (exact) mass is 460 g/mol. The Kier molecular flexibility index (Phi) is 24.1. The van der Waals surface area contributed by atoms with Gasteiger partial charge in [0.25, 0.3) is 0 Å². The molecule has 0 bridgehead atoms. The molecule has 0 atom stereocenters. The minimum Gasteiger partial charge on any atom is -0.478 e. The van der Waals surface area contributed by atoms with Crippen LogP contribution in [0.25, 0.3) is 6.08 Å². The molecule has 0 aliphatic rings. The first-order chi connectivity index (χ1) is 15.4. The number of benzene rings is 1. The Morgan fingerprint density at radius 3 is 1.64 bits per heavy atom. The Hall–Kier alpha value is -3.41. The fraction of sp³-hybridized carbons (Fsp3) is 0.370. The number of rotatable bonds is 10. The van der Waals surface area contributed by atoms with Gasteiger partial charge in [0.15, 0.2) is 0 Å². The van der Waals surface area contributed by atoms with Crippen LogP contribution >= 0.6 is 0 Å². The van der Waals surface area contributed by atoms with Gasteiger partial charge in [0.05, 0.1) is 0 Å². The van der Waals surface area contributed by atoms with Gasteiger partial charge in [-0.1, -0.05) is 95.3 Å². The summed E-state index contributed by atoms with van der Waals surface area (Å²) in [6.45, 7) is 17.4. The molecule has 0 amide bonds. The van der Waals surface area contributed by atoms with E-state index in [1.807, 2.05) is 43.3 Å². The van der Waals surface area contributed by atoms with Crippen LogP contribution in [0, 0.1) is 0 Å². The minimum atomic E-state index is -0.935. The molecule has 0 radical (unpaired) electrons. The third-order valence-corrected chi connectivity index (χ3v) is 3.88. The molecule has 184 valence electrons. The lowest BCUT2D eigenvalue weighted by molar-refractivity contribution is -0.133. The third kappa shape index (κ3) is 26.6. The number of hydrogen-bond acceptors (Lipinski definition) is 3. The zero-order valence-electron chi connectivity index (χ0n) is 20.5. The Labute approximate surface area is 198 Å². The van der Waals surface area contributed by atoms with Gasteiger partial charge in [-0.3, -0.25) is 0 Å². The summed E-state index contributed by atoms with van der Waals surface area (Å²) in [5.41, 5.74) is 2.12. The van der Waals surface area contributed by atoms with E-state index in [4.69, 9.17) is 15.3 Å². The maximum absolute atomic E-state index is 10.2. The Balaban J connectivity index is -0.000000369. The van der Waals surface area contributed by atoms with Gasteiger partial charge < -0.3 is 15.3 Å². The first kappa shape index (κ1) is 34.2. The molecule has 0 aliphatic heterocycles. The Morgan fingerprint density at radius 2 is 1.33 bits per heavy atom. The van der Waals surface area contributed by atoms with Crippen molar-refractivity contribution in [3.63, 3.8) is 0 Å². The van der Waals surface area contributed by atoms with Gasteiger partial charge >= 0.3 is 17.9 Å². The van der Waals surface area contributed by atoms with E-state index in [1.165, 1.54) is 12.5 Å². The molecule has 0 unspecified atom stereocenters. The van der Waals surface area contributed by atoms with Crippen molar-refractivity contribution in [2.75, 3.05) is 0 Å². The Bertz CT molecular complexity index is 748. The molecule has 6 heteroatoms. The molecule has 0 saturated carbocycles. The summed E-state index contributed by atoms with van der Waals surface area (Å²) in [6, 6.07) is 10.0. The van der Waals surface area contributed by atoms with Gasteiger partial charge in [0, 0.05) is 16.7 Å². The number of carboxylic acids is 3. The van der Waals surface area contributed by atoms with E-state index in [1.54, 1.807) is 13.0 Å². The number of hydrogen-bond donors (Lipinski definition) is 3. The number of carboxylic acid groups (broad SMARTS) is 3. The van der Waals surface area contributed by atoms with Crippen LogP contribution in [0.15, 0.2) is 72.9 Å². The van der Waals surface area contributed by atoms with Crippen molar-refractivity contribution < 1.29 is 29.7 Å². The maximum atomic E-state index is 10.2. The van der Waals surface area contributed by atoms with E-state index in [-0.39, 0.29) is 5.57 Å². The lowest BCUT2D eigenvalue weighted by Gasteiger charge is -1.95. The quantitative estimate of drug-likeness (QED) is 0.256. The average molecular weight is 461 g/mol. The van der Waals surface area contributed by atoms with Crippen LogP contribution in [-0.2, 0) is 14.4 Å². The second-order valence-corrected chi connectivity index (χ2v) is 7.05. The van der Waals surface area contributed by atoms with Crippen molar-refractivity contribution in [2.45, 2.75) is 66.2 Å². The smallest absolute Gasteiger partial charge is 0.330 e. The topological polar surface area (TPSA) is 112 Å². The zero-order chi connectivity index (χ0) is 26.2. The lowest BCUT2D eigenvalue weighted by Crippen LogP contribution is -1.97. The van der Waals surface area contributed by atoms with Gasteiger partial charge in [0.2, 0.25) is 0 Å². The maximum Gasteiger partial charge on any atom is 0.330 e. The molecule has 33 heavy (non-hydrogen) atoms. The van der Waals surface area contributed by atoms with Gasteiger partial charge in [-0.2, -0.15) is 0 Å². The van der Waals surface area contributed by atoms with Crippen molar-refractivity contribution in [1.82, 2.24) is 0 Å². The fourth-order valence-electron chi connectivity index (χ4n) is 1.70. The van der Waals surface area contributed by atoms with Gasteiger partial charge in [0.1, 0.15) is 0 Å². The standard InChI is InChI=1S/C8H14O2.C8H8.C7H12O2.C4H6O2/c1-3-4-5-6-7(2)8(9)10;1-2-8-6-4-3-5-7-8;1-3-4-5-6(2)7(8)9;1-3(2)4(5)6/h6H,3-5H2,1-2H3,(H,9,10);2-7H,1H2;2-5H2,1H3,(H,8,9);1H2,2H3,(H,5,6). The normalized spacial score (nSPS) is 9.39. The lowest BCUT2D eigenvalue weighted by atomic mass is 10.1. The van der Waals surface area contributed by atoms with Crippen molar-refractivity contribution in [2.24, 2.45) is 0 Å². The number of allylic oxidation sites excluding steroid dienone is 1. The van der Waals surface area contributed by atoms with Crippen LogP contribution in [0.5, 0.6) is 0 Å². The summed E-state index contributed by atoms with van der Waals surface area (Å²) in [6.07, 6.45) is 9.23. The second kappa shape index (κ2) is 23.3. The summed E-state index contributed by atoms with van der Waals surface area (Å²) in [5.74, 6) is -2.62. The number of aliphatic carboxylic acids is 3. The highest BCUT2D eigenvalue weighted by molar-refractivity contribution is 5.86. The zero-order valence-corrected chi connectivity index (χ0v) is 20.5. The van der Waals surface area contributed by atoms with E-state index in [2.05, 4.69) is 26.7 Å². The van der Waals surface area contributed by atoms with Crippen LogP contribution in [0.4, 0.5) is 0 Å². The van der Waals surface area contributed by atoms with Crippen LogP contribution in [0.3, 0.4) is 0 Å². The second-order valence-electron chi connectivity index (χ2n) is 7.05. The first-order valence-electron chi connectivity index (χ1n) is 10.8. The van der Waals surface area contributed by atoms with Crippen molar-refractivity contribution in [3.8, 4) is 0 Å².